The predicted molar refractivity (Wildman–Crippen MR) is 358 cm³/mol. The number of fused-ring (bicyclic) bond motifs is 2. The van der Waals surface area contributed by atoms with E-state index in [2.05, 4.69) is 115 Å². The Balaban J connectivity index is 0.000000189. The van der Waals surface area contributed by atoms with Crippen LogP contribution in [0.1, 0.15) is 51.4 Å². The van der Waals surface area contributed by atoms with Gasteiger partial charge in [-0.25, -0.2) is 9.97 Å². The van der Waals surface area contributed by atoms with Gasteiger partial charge in [0.1, 0.15) is 41.0 Å². The SMILES string of the molecule is CN(C)C1CC2(CCN(c3ccc(Nc4ncc(Cl)c(Nc5ccc6nccnc6c5P(C)(C)=O)n4)cc3N)CC2)C1.CN(C)C1CC2(CCN(c3ccc(Nc4ncc(Cl)c(Nc5ccc6nccnc6c5P(C)(C)=O)n4)cc3[N+](=O)[O-])CC2)C1.CO. The number of nitro groups is 1. The van der Waals surface area contributed by atoms with Crippen molar-refractivity contribution in [3.05, 3.63) is 118 Å². The maximum atomic E-state index is 13.3. The number of piperidine rings is 2. The normalized spacial score (nSPS) is 17.2. The average molecular weight is 1270 g/mol. The van der Waals surface area contributed by atoms with Crippen molar-refractivity contribution in [2.75, 3.05) is 125 Å². The molecule has 88 heavy (non-hydrogen) atoms. The first-order chi connectivity index (χ1) is 41.9. The van der Waals surface area contributed by atoms with Crippen molar-refractivity contribution < 1.29 is 19.2 Å². The van der Waals surface area contributed by atoms with Gasteiger partial charge in [-0.05, 0) is 172 Å². The van der Waals surface area contributed by atoms with Crippen LogP contribution in [0.15, 0.2) is 97.8 Å². The number of nitrogens with one attached hydrogen (secondary N) is 4. The fourth-order valence-electron chi connectivity index (χ4n) is 12.7. The van der Waals surface area contributed by atoms with E-state index in [4.69, 9.17) is 34.0 Å². The monoisotopic (exact) mass is 1270 g/mol. The Morgan fingerprint density at radius 3 is 1.39 bits per heavy atom. The van der Waals surface area contributed by atoms with E-state index in [1.807, 2.05) is 24.3 Å². The Hall–Kier alpha value is -7.36. The van der Waals surface area contributed by atoms with Gasteiger partial charge in [-0.1, -0.05) is 23.2 Å². The average Bonchev–Trinajstić information content (AvgIpc) is 1.15. The smallest absolute Gasteiger partial charge is 0.294 e. The zero-order valence-corrected chi connectivity index (χ0v) is 54.3. The summed E-state index contributed by atoms with van der Waals surface area (Å²) in [5, 5.41) is 33.6. The minimum absolute atomic E-state index is 0.0293. The number of aliphatic hydroxyl groups is 1. The van der Waals surface area contributed by atoms with E-state index < -0.39 is 14.3 Å². The van der Waals surface area contributed by atoms with Crippen LogP contribution in [-0.2, 0) is 9.13 Å². The number of aliphatic hydroxyl groups excluding tert-OH is 1. The lowest BCUT2D eigenvalue weighted by Gasteiger charge is -2.54. The first-order valence-corrected chi connectivity index (χ1v) is 35.1. The quantitative estimate of drug-likeness (QED) is 0.0241. The second-order valence-corrected chi connectivity index (χ2v) is 31.6. The molecule has 4 fully saturated rings. The van der Waals surface area contributed by atoms with E-state index in [1.165, 1.54) is 57.0 Å². The predicted octanol–water partition coefficient (Wildman–Crippen LogP) is 11.3. The van der Waals surface area contributed by atoms with Crippen LogP contribution in [0.25, 0.3) is 22.1 Å². The number of hydrogen-bond donors (Lipinski definition) is 6. The number of nitrogen functional groups attached to an aromatic ring is 1. The molecule has 12 rings (SSSR count). The summed E-state index contributed by atoms with van der Waals surface area (Å²) in [4.78, 5) is 56.3. The van der Waals surface area contributed by atoms with Crippen LogP contribution >= 0.6 is 37.5 Å². The summed E-state index contributed by atoms with van der Waals surface area (Å²) in [5.41, 5.74) is 14.7. The molecule has 7 N–H and O–H groups in total. The van der Waals surface area contributed by atoms with Crippen LogP contribution in [-0.4, -0.2) is 160 Å². The Kier molecular flexibility index (Phi) is 18.8. The minimum atomic E-state index is -2.80. The second-order valence-electron chi connectivity index (χ2n) is 24.5. The molecule has 0 unspecified atom stereocenters. The Bertz CT molecular complexity index is 3970. The standard InChI is InChI=1S/C30H35ClN9O3P.C30H37ClN9OP.CH4O/c1-38(2)20-16-30(17-20)9-13-39(14-10-30)24-8-5-19(15-25(24)40(41)42)35-29-34-18-21(31)28(37-29)36-23-7-6-22-26(33-12-11-32-22)27(23)44(3,4)43;1-39(2)20-16-30(17-20)9-13-40(14-10-30)25-8-5-19(15-22(25)32)36-29-35-18-21(31)28(38-29)37-24-7-6-23-26(34-12-11-33-23)27(24)42(3,4)41;1-2/h5-8,11-12,15,18,20H,9-10,13-14,16-17H2,1-4H3,(H2,34,35,36,37);5-8,11-12,15,18,20H,9-10,13-14,16-17,32H2,1-4H3,(H2,35,36,37,38);2H,1H3. The molecule has 0 amide bonds. The van der Waals surface area contributed by atoms with E-state index in [1.54, 1.807) is 75.7 Å². The van der Waals surface area contributed by atoms with Gasteiger partial charge in [0.05, 0.1) is 61.7 Å². The lowest BCUT2D eigenvalue weighted by atomic mass is 9.60. The molecule has 4 aromatic carbocycles. The molecule has 2 aliphatic carbocycles. The fraction of sp³-hybridized carbons (Fsp3) is 0.410. The maximum absolute atomic E-state index is 13.3. The summed E-state index contributed by atoms with van der Waals surface area (Å²) < 4.78 is 26.6. The number of nitrogens with zero attached hydrogens (tertiary/aromatic N) is 13. The van der Waals surface area contributed by atoms with Gasteiger partial charge in [0, 0.05) is 87.6 Å². The number of benzene rings is 4. The van der Waals surface area contributed by atoms with Crippen LogP contribution in [0.3, 0.4) is 0 Å². The molecular weight excluding hydrogens is 1200 g/mol. The molecule has 27 heteroatoms. The molecule has 8 aromatic rings. The molecule has 2 saturated carbocycles. The lowest BCUT2D eigenvalue weighted by Crippen LogP contribution is -2.53. The summed E-state index contributed by atoms with van der Waals surface area (Å²) in [5.74, 6) is 1.21. The molecule has 6 heterocycles. The number of hydrogen-bond acceptors (Lipinski definition) is 22. The zero-order chi connectivity index (χ0) is 62.9. The van der Waals surface area contributed by atoms with Crippen LogP contribution in [0.5, 0.6) is 0 Å². The van der Waals surface area contributed by atoms with Crippen molar-refractivity contribution in [1.82, 2.24) is 49.7 Å². The van der Waals surface area contributed by atoms with Crippen molar-refractivity contribution in [3.8, 4) is 0 Å². The van der Waals surface area contributed by atoms with Gasteiger partial charge in [0.15, 0.2) is 11.6 Å². The summed E-state index contributed by atoms with van der Waals surface area (Å²) in [6, 6.07) is 19.7. The van der Waals surface area contributed by atoms with E-state index in [-0.39, 0.29) is 27.4 Å². The van der Waals surface area contributed by atoms with Crippen molar-refractivity contribution in [3.63, 3.8) is 0 Å². The molecule has 0 atom stereocenters. The fourth-order valence-corrected chi connectivity index (χ4v) is 15.7. The van der Waals surface area contributed by atoms with Crippen LogP contribution < -0.4 is 47.4 Å². The molecule has 2 saturated heterocycles. The first-order valence-electron chi connectivity index (χ1n) is 29.1. The number of rotatable bonds is 15. The van der Waals surface area contributed by atoms with E-state index in [0.29, 0.717) is 94.8 Å². The molecular formula is C61H76Cl2N18O5P2. The largest absolute Gasteiger partial charge is 0.400 e. The third-order valence-corrected chi connectivity index (χ3v) is 21.1. The highest BCUT2D eigenvalue weighted by Gasteiger charge is 2.48. The van der Waals surface area contributed by atoms with Gasteiger partial charge < -0.3 is 60.8 Å². The molecule has 464 valence electrons. The summed E-state index contributed by atoms with van der Waals surface area (Å²) in [6.07, 6.45) is 18.8. The van der Waals surface area contributed by atoms with Crippen LogP contribution in [0.2, 0.25) is 10.0 Å². The van der Waals surface area contributed by atoms with Gasteiger partial charge in [0.25, 0.3) is 5.69 Å². The maximum Gasteiger partial charge on any atom is 0.294 e. The van der Waals surface area contributed by atoms with Crippen molar-refractivity contribution in [2.45, 2.75) is 63.5 Å². The minimum Gasteiger partial charge on any atom is -0.400 e. The van der Waals surface area contributed by atoms with Crippen LogP contribution in [0.4, 0.5) is 69.0 Å². The molecule has 23 nitrogen and oxygen atoms in total. The third kappa shape index (κ3) is 13.9. The first kappa shape index (κ1) is 63.7. The van der Waals surface area contributed by atoms with Gasteiger partial charge in [-0.15, -0.1) is 0 Å². The van der Waals surface area contributed by atoms with E-state index >= 15 is 0 Å². The van der Waals surface area contributed by atoms with Gasteiger partial charge in [-0.2, -0.15) is 9.97 Å². The molecule has 0 bridgehead atoms. The number of aromatic nitrogens is 8. The summed E-state index contributed by atoms with van der Waals surface area (Å²) in [6.45, 7) is 10.4. The highest BCUT2D eigenvalue weighted by Crippen LogP contribution is 2.53. The third-order valence-electron chi connectivity index (χ3n) is 17.5. The van der Waals surface area contributed by atoms with Crippen molar-refractivity contribution in [1.29, 1.82) is 0 Å². The van der Waals surface area contributed by atoms with Crippen molar-refractivity contribution >= 4 is 139 Å². The van der Waals surface area contributed by atoms with Gasteiger partial charge >= 0.3 is 0 Å². The van der Waals surface area contributed by atoms with E-state index in [9.17, 15) is 19.2 Å². The Morgan fingerprint density at radius 2 is 0.989 bits per heavy atom. The molecule has 4 aromatic heterocycles. The highest BCUT2D eigenvalue weighted by molar-refractivity contribution is 7.71. The highest BCUT2D eigenvalue weighted by atomic mass is 35.5. The lowest BCUT2D eigenvalue weighted by molar-refractivity contribution is -0.384. The summed E-state index contributed by atoms with van der Waals surface area (Å²) >= 11 is 12.9. The second kappa shape index (κ2) is 26.0. The molecule has 0 radical (unpaired) electrons. The number of nitro benzene ring substituents is 1. The number of nitrogens with two attached hydrogens (primary N) is 1. The number of anilines is 11. The van der Waals surface area contributed by atoms with E-state index in [0.717, 1.165) is 63.5 Å². The number of halogens is 2. The molecule has 2 aliphatic heterocycles. The molecule has 4 aliphatic rings. The van der Waals surface area contributed by atoms with Gasteiger partial charge in [-0.3, -0.25) is 30.1 Å². The zero-order valence-electron chi connectivity index (χ0n) is 51.0. The van der Waals surface area contributed by atoms with Crippen molar-refractivity contribution in [2.24, 2.45) is 10.8 Å². The Labute approximate surface area is 522 Å². The van der Waals surface area contributed by atoms with Crippen LogP contribution in [0, 0.1) is 20.9 Å². The molecule has 2 spiro atoms. The van der Waals surface area contributed by atoms with Gasteiger partial charge in [0.2, 0.25) is 11.9 Å². The summed E-state index contributed by atoms with van der Waals surface area (Å²) in [7, 11) is 4.08. The topological polar surface area (TPSA) is 288 Å². The Morgan fingerprint density at radius 1 is 0.591 bits per heavy atom.